The van der Waals surface area contributed by atoms with Gasteiger partial charge in [-0.15, -0.1) is 21.5 Å². The second-order valence-electron chi connectivity index (χ2n) is 5.36. The van der Waals surface area contributed by atoms with Crippen molar-refractivity contribution < 1.29 is 0 Å². The van der Waals surface area contributed by atoms with Crippen molar-refractivity contribution >= 4 is 39.8 Å². The number of thioether (sulfide) groups is 1. The lowest BCUT2D eigenvalue weighted by atomic mass is 10.2. The minimum Gasteiger partial charge on any atom is -0.383 e. The predicted molar refractivity (Wildman–Crippen MR) is 103 cm³/mol. The molecule has 4 rings (SSSR count). The molecule has 0 aliphatic heterocycles. The van der Waals surface area contributed by atoms with Crippen LogP contribution < -0.4 is 5.73 Å². The van der Waals surface area contributed by atoms with Crippen LogP contribution in [-0.2, 0) is 12.3 Å². The Morgan fingerprint density at radius 2 is 2.00 bits per heavy atom. The normalized spacial score (nSPS) is 11.2. The molecular weight excluding hydrogens is 352 g/mol. The molecule has 0 aliphatic rings. The van der Waals surface area contributed by atoms with Gasteiger partial charge in [0.25, 0.3) is 0 Å². The predicted octanol–water partition coefficient (Wildman–Crippen LogP) is 3.84. The van der Waals surface area contributed by atoms with E-state index in [0.29, 0.717) is 17.4 Å². The van der Waals surface area contributed by atoms with Crippen LogP contribution >= 0.6 is 23.1 Å². The van der Waals surface area contributed by atoms with Gasteiger partial charge < -0.3 is 10.3 Å². The van der Waals surface area contributed by atoms with Crippen LogP contribution in [0.2, 0.25) is 0 Å². The number of rotatable bonds is 5. The molecule has 1 aromatic carbocycles. The van der Waals surface area contributed by atoms with Crippen LogP contribution in [0.4, 0.5) is 5.82 Å². The van der Waals surface area contributed by atoms with E-state index in [2.05, 4.69) is 37.7 Å². The molecule has 2 N–H and O–H groups in total. The molecule has 6 nitrogen and oxygen atoms in total. The minimum atomic E-state index is 0.512. The lowest BCUT2D eigenvalue weighted by Crippen LogP contribution is -2.02. The van der Waals surface area contributed by atoms with Gasteiger partial charge in [-0.2, -0.15) is 0 Å². The Morgan fingerprint density at radius 1 is 1.12 bits per heavy atom. The Bertz CT molecular complexity index is 1010. The van der Waals surface area contributed by atoms with E-state index in [1.54, 1.807) is 23.1 Å². The number of benzene rings is 1. The molecule has 0 fully saturated rings. The summed E-state index contributed by atoms with van der Waals surface area (Å²) in [6.45, 7) is 2.90. The van der Waals surface area contributed by atoms with Crippen LogP contribution in [0.3, 0.4) is 0 Å². The zero-order valence-corrected chi connectivity index (χ0v) is 15.2. The number of para-hydroxylation sites is 1. The Balaban J connectivity index is 1.60. The van der Waals surface area contributed by atoms with E-state index >= 15 is 0 Å². The SMILES string of the molecule is CCn1c(SCc2nc(N)c3ccccc3n2)nnc1-c1cccs1. The molecule has 0 radical (unpaired) electrons. The molecule has 8 heteroatoms. The van der Waals surface area contributed by atoms with Gasteiger partial charge in [-0.1, -0.05) is 30.0 Å². The van der Waals surface area contributed by atoms with E-state index in [1.165, 1.54) is 0 Å². The monoisotopic (exact) mass is 368 g/mol. The van der Waals surface area contributed by atoms with E-state index in [-0.39, 0.29) is 0 Å². The van der Waals surface area contributed by atoms with E-state index in [0.717, 1.165) is 33.3 Å². The van der Waals surface area contributed by atoms with Crippen molar-refractivity contribution in [2.45, 2.75) is 24.4 Å². The van der Waals surface area contributed by atoms with Gasteiger partial charge in [-0.05, 0) is 30.5 Å². The molecule has 0 amide bonds. The van der Waals surface area contributed by atoms with Crippen LogP contribution in [-0.4, -0.2) is 24.7 Å². The van der Waals surface area contributed by atoms with Crippen molar-refractivity contribution in [3.8, 4) is 10.7 Å². The Labute approximate surface area is 153 Å². The summed E-state index contributed by atoms with van der Waals surface area (Å²) in [5, 5.41) is 12.5. The van der Waals surface area contributed by atoms with Crippen molar-refractivity contribution in [2.75, 3.05) is 5.73 Å². The maximum Gasteiger partial charge on any atom is 0.191 e. The summed E-state index contributed by atoms with van der Waals surface area (Å²) in [6, 6.07) is 11.8. The molecule has 0 unspecified atom stereocenters. The number of nitrogens with zero attached hydrogens (tertiary/aromatic N) is 5. The first kappa shape index (κ1) is 16.0. The van der Waals surface area contributed by atoms with Gasteiger partial charge in [-0.25, -0.2) is 9.97 Å². The third-order valence-corrected chi connectivity index (χ3v) is 5.61. The smallest absolute Gasteiger partial charge is 0.191 e. The van der Waals surface area contributed by atoms with Crippen LogP contribution in [0.15, 0.2) is 46.9 Å². The highest BCUT2D eigenvalue weighted by Crippen LogP contribution is 2.28. The molecule has 0 saturated carbocycles. The summed E-state index contributed by atoms with van der Waals surface area (Å²) in [6.07, 6.45) is 0. The average molecular weight is 368 g/mol. The fourth-order valence-electron chi connectivity index (χ4n) is 2.61. The maximum absolute atomic E-state index is 6.06. The van der Waals surface area contributed by atoms with Gasteiger partial charge >= 0.3 is 0 Å². The number of anilines is 1. The summed E-state index contributed by atoms with van der Waals surface area (Å²) >= 11 is 3.24. The maximum atomic E-state index is 6.06. The third kappa shape index (κ3) is 3.10. The zero-order chi connectivity index (χ0) is 17.2. The third-order valence-electron chi connectivity index (χ3n) is 3.78. The number of thiophene rings is 1. The molecular formula is C17H16N6S2. The van der Waals surface area contributed by atoms with Crippen LogP contribution in [0.5, 0.6) is 0 Å². The summed E-state index contributed by atoms with van der Waals surface area (Å²) in [7, 11) is 0. The molecule has 0 saturated heterocycles. The van der Waals surface area contributed by atoms with E-state index in [1.807, 2.05) is 35.7 Å². The first-order valence-corrected chi connectivity index (χ1v) is 9.73. The molecule has 0 atom stereocenters. The number of nitrogen functional groups attached to an aromatic ring is 1. The summed E-state index contributed by atoms with van der Waals surface area (Å²) < 4.78 is 2.11. The van der Waals surface area contributed by atoms with Gasteiger partial charge in [0.05, 0.1) is 16.1 Å². The topological polar surface area (TPSA) is 82.5 Å². The second kappa shape index (κ2) is 6.81. The van der Waals surface area contributed by atoms with Crippen LogP contribution in [0.1, 0.15) is 12.7 Å². The highest BCUT2D eigenvalue weighted by molar-refractivity contribution is 7.98. The van der Waals surface area contributed by atoms with E-state index < -0.39 is 0 Å². The molecule has 0 aliphatic carbocycles. The van der Waals surface area contributed by atoms with Gasteiger partial charge in [0.1, 0.15) is 11.6 Å². The molecule has 3 heterocycles. The minimum absolute atomic E-state index is 0.512. The number of nitrogens with two attached hydrogens (primary N) is 1. The average Bonchev–Trinajstić information content (AvgIpc) is 3.29. The van der Waals surface area contributed by atoms with Gasteiger partial charge in [0.2, 0.25) is 0 Å². The molecule has 25 heavy (non-hydrogen) atoms. The van der Waals surface area contributed by atoms with Crippen molar-refractivity contribution in [3.63, 3.8) is 0 Å². The van der Waals surface area contributed by atoms with Crippen molar-refractivity contribution in [1.82, 2.24) is 24.7 Å². The number of aromatic nitrogens is 5. The molecule has 3 aromatic heterocycles. The zero-order valence-electron chi connectivity index (χ0n) is 13.6. The first-order chi connectivity index (χ1) is 12.3. The Hall–Kier alpha value is -2.45. The number of hydrogen-bond donors (Lipinski definition) is 1. The van der Waals surface area contributed by atoms with Gasteiger partial charge in [-0.3, -0.25) is 0 Å². The fourth-order valence-corrected chi connectivity index (χ4v) is 4.19. The van der Waals surface area contributed by atoms with Crippen LogP contribution in [0.25, 0.3) is 21.6 Å². The lowest BCUT2D eigenvalue weighted by Gasteiger charge is -2.07. The van der Waals surface area contributed by atoms with Crippen molar-refractivity contribution in [1.29, 1.82) is 0 Å². The quantitative estimate of drug-likeness (QED) is 0.539. The van der Waals surface area contributed by atoms with Gasteiger partial charge in [0.15, 0.2) is 11.0 Å². The number of hydrogen-bond acceptors (Lipinski definition) is 7. The highest BCUT2D eigenvalue weighted by Gasteiger charge is 2.15. The summed E-state index contributed by atoms with van der Waals surface area (Å²) in [5.41, 5.74) is 6.92. The largest absolute Gasteiger partial charge is 0.383 e. The van der Waals surface area contributed by atoms with E-state index in [9.17, 15) is 0 Å². The Morgan fingerprint density at radius 3 is 2.80 bits per heavy atom. The molecule has 126 valence electrons. The fraction of sp³-hybridized carbons (Fsp3) is 0.176. The second-order valence-corrected chi connectivity index (χ2v) is 7.25. The van der Waals surface area contributed by atoms with Crippen LogP contribution in [0, 0.1) is 0 Å². The summed E-state index contributed by atoms with van der Waals surface area (Å²) in [5.74, 6) is 2.71. The lowest BCUT2D eigenvalue weighted by molar-refractivity contribution is 0.688. The summed E-state index contributed by atoms with van der Waals surface area (Å²) in [4.78, 5) is 10.1. The standard InChI is InChI=1S/C17H16N6S2/c1-2-23-16(13-8-5-9-24-13)21-22-17(23)25-10-14-19-12-7-4-3-6-11(12)15(18)20-14/h3-9H,2,10H2,1H3,(H2,18,19,20). The van der Waals surface area contributed by atoms with Gasteiger partial charge in [0, 0.05) is 11.9 Å². The highest BCUT2D eigenvalue weighted by atomic mass is 32.2. The molecule has 0 spiro atoms. The molecule has 4 aromatic rings. The Kier molecular flexibility index (Phi) is 4.37. The van der Waals surface area contributed by atoms with E-state index in [4.69, 9.17) is 5.73 Å². The number of fused-ring (bicyclic) bond motifs is 1. The molecule has 0 bridgehead atoms. The first-order valence-electron chi connectivity index (χ1n) is 7.87. The van der Waals surface area contributed by atoms with Crippen molar-refractivity contribution in [2.24, 2.45) is 0 Å². The van der Waals surface area contributed by atoms with Crippen molar-refractivity contribution in [3.05, 3.63) is 47.6 Å².